The van der Waals surface area contributed by atoms with Crippen LogP contribution < -0.4 is 5.32 Å². The summed E-state index contributed by atoms with van der Waals surface area (Å²) in [6.45, 7) is 0.0159. The number of anilines is 1. The van der Waals surface area contributed by atoms with E-state index < -0.39 is 5.91 Å². The Bertz CT molecular complexity index is 912. The molecule has 3 amide bonds. The highest BCUT2D eigenvalue weighted by Gasteiger charge is 2.34. The molecule has 1 N–H and O–H groups in total. The summed E-state index contributed by atoms with van der Waals surface area (Å²) in [7, 11) is 0. The van der Waals surface area contributed by atoms with Crippen LogP contribution in [0.1, 0.15) is 12.0 Å². The van der Waals surface area contributed by atoms with Crippen molar-refractivity contribution in [1.82, 2.24) is 4.90 Å². The molecule has 1 aliphatic rings. The second-order valence-corrected chi connectivity index (χ2v) is 7.56. The van der Waals surface area contributed by atoms with Gasteiger partial charge in [0.05, 0.1) is 4.91 Å². The molecule has 0 aromatic heterocycles. The van der Waals surface area contributed by atoms with Gasteiger partial charge in [0, 0.05) is 28.7 Å². The van der Waals surface area contributed by atoms with Crippen molar-refractivity contribution in [3.05, 3.63) is 69.0 Å². The Balaban J connectivity index is 1.59. The summed E-state index contributed by atoms with van der Waals surface area (Å²) in [5.74, 6) is -0.697. The molecule has 3 rings (SSSR count). The quantitative estimate of drug-likeness (QED) is 0.686. The number of halogens is 2. The van der Waals surface area contributed by atoms with E-state index in [1.54, 1.807) is 54.6 Å². The van der Waals surface area contributed by atoms with E-state index in [0.29, 0.717) is 20.6 Å². The van der Waals surface area contributed by atoms with Gasteiger partial charge in [-0.3, -0.25) is 19.3 Å². The molecule has 1 heterocycles. The van der Waals surface area contributed by atoms with Crippen molar-refractivity contribution in [2.24, 2.45) is 0 Å². The SMILES string of the molecule is O=C(CCN1C(=O)S/C(=C\c2ccc(Cl)cc2)C1=O)Nc1ccc(Cl)cc1. The van der Waals surface area contributed by atoms with Gasteiger partial charge in [0.1, 0.15) is 0 Å². The van der Waals surface area contributed by atoms with Crippen molar-refractivity contribution in [2.75, 3.05) is 11.9 Å². The summed E-state index contributed by atoms with van der Waals surface area (Å²) >= 11 is 12.5. The predicted molar refractivity (Wildman–Crippen MR) is 109 cm³/mol. The Morgan fingerprint density at radius 3 is 2.22 bits per heavy atom. The Kier molecular flexibility index (Phi) is 6.21. The summed E-state index contributed by atoms with van der Waals surface area (Å²) in [6.07, 6.45) is 1.64. The smallest absolute Gasteiger partial charge is 0.293 e. The standard InChI is InChI=1S/C19H14Cl2N2O3S/c20-13-3-1-12(2-4-13)11-16-18(25)23(19(26)27-16)10-9-17(24)22-15-7-5-14(21)6-8-15/h1-8,11H,9-10H2,(H,22,24)/b16-11-. The van der Waals surface area contributed by atoms with E-state index in [-0.39, 0.29) is 24.1 Å². The van der Waals surface area contributed by atoms with E-state index in [4.69, 9.17) is 23.2 Å². The molecule has 0 spiro atoms. The van der Waals surface area contributed by atoms with E-state index in [2.05, 4.69) is 5.32 Å². The van der Waals surface area contributed by atoms with Crippen LogP contribution in [0.3, 0.4) is 0 Å². The van der Waals surface area contributed by atoms with Gasteiger partial charge in [-0.15, -0.1) is 0 Å². The van der Waals surface area contributed by atoms with Crippen LogP contribution in [0.2, 0.25) is 10.0 Å². The lowest BCUT2D eigenvalue weighted by atomic mass is 10.2. The van der Waals surface area contributed by atoms with Crippen LogP contribution in [0.15, 0.2) is 53.4 Å². The molecule has 2 aromatic carbocycles. The number of nitrogens with one attached hydrogen (secondary N) is 1. The van der Waals surface area contributed by atoms with Crippen LogP contribution in [0.4, 0.5) is 10.5 Å². The fourth-order valence-corrected chi connectivity index (χ4v) is 3.49. The van der Waals surface area contributed by atoms with Crippen LogP contribution in [0.25, 0.3) is 6.08 Å². The van der Waals surface area contributed by atoms with Crippen molar-refractivity contribution in [3.63, 3.8) is 0 Å². The molecule has 0 atom stereocenters. The van der Waals surface area contributed by atoms with Gasteiger partial charge in [-0.25, -0.2) is 0 Å². The zero-order chi connectivity index (χ0) is 19.4. The van der Waals surface area contributed by atoms with Crippen molar-refractivity contribution < 1.29 is 14.4 Å². The molecule has 0 radical (unpaired) electrons. The average molecular weight is 421 g/mol. The number of amides is 3. The molecule has 1 fully saturated rings. The number of carbonyl (C=O) groups is 3. The minimum absolute atomic E-state index is 0.00882. The van der Waals surface area contributed by atoms with Gasteiger partial charge in [0.2, 0.25) is 5.91 Å². The number of benzene rings is 2. The molecule has 0 saturated carbocycles. The third-order valence-corrected chi connectivity index (χ3v) is 5.14. The lowest BCUT2D eigenvalue weighted by Crippen LogP contribution is -2.31. The summed E-state index contributed by atoms with van der Waals surface area (Å²) in [6, 6.07) is 13.6. The predicted octanol–water partition coefficient (Wildman–Crippen LogP) is 5.06. The van der Waals surface area contributed by atoms with E-state index >= 15 is 0 Å². The second kappa shape index (κ2) is 8.61. The van der Waals surface area contributed by atoms with Gasteiger partial charge in [0.25, 0.3) is 11.1 Å². The number of hydrogen-bond donors (Lipinski definition) is 1. The minimum Gasteiger partial charge on any atom is -0.326 e. The zero-order valence-electron chi connectivity index (χ0n) is 13.9. The van der Waals surface area contributed by atoms with E-state index in [1.165, 1.54) is 0 Å². The molecule has 27 heavy (non-hydrogen) atoms. The Morgan fingerprint density at radius 1 is 1.00 bits per heavy atom. The van der Waals surface area contributed by atoms with E-state index in [1.807, 2.05) is 0 Å². The average Bonchev–Trinajstić information content (AvgIpc) is 2.90. The highest BCUT2D eigenvalue weighted by atomic mass is 35.5. The first-order valence-electron chi connectivity index (χ1n) is 7.99. The number of hydrogen-bond acceptors (Lipinski definition) is 4. The number of carbonyl (C=O) groups excluding carboxylic acids is 3. The largest absolute Gasteiger partial charge is 0.326 e. The van der Waals surface area contributed by atoms with Crippen molar-refractivity contribution in [2.45, 2.75) is 6.42 Å². The van der Waals surface area contributed by atoms with E-state index in [9.17, 15) is 14.4 Å². The monoisotopic (exact) mass is 420 g/mol. The summed E-state index contributed by atoms with van der Waals surface area (Å²) < 4.78 is 0. The molecule has 1 aliphatic heterocycles. The summed E-state index contributed by atoms with van der Waals surface area (Å²) in [5.41, 5.74) is 1.37. The summed E-state index contributed by atoms with van der Waals surface area (Å²) in [5, 5.41) is 3.47. The van der Waals surface area contributed by atoms with Gasteiger partial charge in [-0.2, -0.15) is 0 Å². The van der Waals surface area contributed by atoms with Crippen LogP contribution in [0.5, 0.6) is 0 Å². The summed E-state index contributed by atoms with van der Waals surface area (Å²) in [4.78, 5) is 38.0. The molecular formula is C19H14Cl2N2O3S. The lowest BCUT2D eigenvalue weighted by Gasteiger charge is -2.12. The van der Waals surface area contributed by atoms with Crippen LogP contribution in [-0.4, -0.2) is 28.5 Å². The molecule has 5 nitrogen and oxygen atoms in total. The van der Waals surface area contributed by atoms with Crippen LogP contribution in [-0.2, 0) is 9.59 Å². The lowest BCUT2D eigenvalue weighted by molar-refractivity contribution is -0.123. The molecule has 0 bridgehead atoms. The Hall–Kier alpha value is -2.28. The van der Waals surface area contributed by atoms with Gasteiger partial charge >= 0.3 is 0 Å². The molecule has 0 aliphatic carbocycles. The number of rotatable bonds is 5. The highest BCUT2D eigenvalue weighted by molar-refractivity contribution is 8.18. The van der Waals surface area contributed by atoms with Crippen molar-refractivity contribution >= 4 is 63.8 Å². The Labute approximate surface area is 170 Å². The van der Waals surface area contributed by atoms with Crippen LogP contribution >= 0.6 is 35.0 Å². The van der Waals surface area contributed by atoms with Crippen LogP contribution in [0, 0.1) is 0 Å². The fraction of sp³-hybridized carbons (Fsp3) is 0.105. The van der Waals surface area contributed by atoms with Gasteiger partial charge < -0.3 is 5.32 Å². The minimum atomic E-state index is -0.403. The van der Waals surface area contributed by atoms with Crippen molar-refractivity contribution in [3.8, 4) is 0 Å². The van der Waals surface area contributed by atoms with Gasteiger partial charge in [0.15, 0.2) is 0 Å². The topological polar surface area (TPSA) is 66.5 Å². The number of thioether (sulfide) groups is 1. The molecule has 2 aromatic rings. The first-order valence-corrected chi connectivity index (χ1v) is 9.56. The number of nitrogens with zero attached hydrogens (tertiary/aromatic N) is 1. The Morgan fingerprint density at radius 2 is 1.59 bits per heavy atom. The van der Waals surface area contributed by atoms with Gasteiger partial charge in [-0.05, 0) is 59.8 Å². The van der Waals surface area contributed by atoms with Gasteiger partial charge in [-0.1, -0.05) is 35.3 Å². The maximum absolute atomic E-state index is 12.4. The normalized spacial score (nSPS) is 15.5. The molecule has 8 heteroatoms. The fourth-order valence-electron chi connectivity index (χ4n) is 2.37. The maximum Gasteiger partial charge on any atom is 0.293 e. The molecule has 0 unspecified atom stereocenters. The van der Waals surface area contributed by atoms with E-state index in [0.717, 1.165) is 22.2 Å². The first kappa shape index (κ1) is 19.5. The molecular weight excluding hydrogens is 407 g/mol. The first-order chi connectivity index (χ1) is 12.9. The maximum atomic E-state index is 12.4. The highest BCUT2D eigenvalue weighted by Crippen LogP contribution is 2.32. The van der Waals surface area contributed by atoms with Crippen molar-refractivity contribution in [1.29, 1.82) is 0 Å². The second-order valence-electron chi connectivity index (χ2n) is 5.69. The third-order valence-electron chi connectivity index (χ3n) is 3.73. The third kappa shape index (κ3) is 5.13. The molecule has 1 saturated heterocycles. The molecule has 138 valence electrons. The number of imide groups is 1. The zero-order valence-corrected chi connectivity index (χ0v) is 16.3.